The van der Waals surface area contributed by atoms with Crippen molar-refractivity contribution in [3.05, 3.63) is 12.2 Å². The second-order valence-corrected chi connectivity index (χ2v) is 6.11. The maximum atomic E-state index is 3.77. The average molecular weight is 273 g/mol. The van der Waals surface area contributed by atoms with E-state index in [9.17, 15) is 0 Å². The highest BCUT2D eigenvalue weighted by atomic mass is 79.9. The summed E-state index contributed by atoms with van der Waals surface area (Å²) >= 11 is 3.77. The largest absolute Gasteiger partial charge is 0.0845 e. The van der Waals surface area contributed by atoms with Crippen molar-refractivity contribution >= 4 is 15.9 Å². The van der Waals surface area contributed by atoms with Crippen LogP contribution in [-0.4, -0.2) is 4.83 Å². The van der Waals surface area contributed by atoms with E-state index in [0.29, 0.717) is 15.7 Å². The van der Waals surface area contributed by atoms with Crippen LogP contribution in [0, 0.1) is 10.8 Å². The summed E-state index contributed by atoms with van der Waals surface area (Å²) in [5.41, 5.74) is 0.959. The molecule has 88 valence electrons. The number of alkyl halides is 1. The van der Waals surface area contributed by atoms with Gasteiger partial charge in [-0.2, -0.15) is 0 Å². The van der Waals surface area contributed by atoms with Crippen LogP contribution in [0.2, 0.25) is 0 Å². The monoisotopic (exact) mass is 272 g/mol. The summed E-state index contributed by atoms with van der Waals surface area (Å²) in [7, 11) is 0. The van der Waals surface area contributed by atoms with Gasteiger partial charge in [0.2, 0.25) is 0 Å². The summed E-state index contributed by atoms with van der Waals surface area (Å²) in [4.78, 5) is 0.587. The highest BCUT2D eigenvalue weighted by Gasteiger charge is 2.47. The van der Waals surface area contributed by atoms with Crippen LogP contribution < -0.4 is 0 Å². The average Bonchev–Trinajstić information content (AvgIpc) is 2.29. The number of allylic oxidation sites excluding steroid dienone is 2. The van der Waals surface area contributed by atoms with E-state index >= 15 is 0 Å². The molecule has 0 bridgehead atoms. The maximum Gasteiger partial charge on any atom is 0.0331 e. The molecular formula is C14H25Br. The van der Waals surface area contributed by atoms with Crippen molar-refractivity contribution in [1.82, 2.24) is 0 Å². The molecule has 15 heavy (non-hydrogen) atoms. The molecule has 1 rings (SSSR count). The van der Waals surface area contributed by atoms with Gasteiger partial charge < -0.3 is 0 Å². The molecule has 0 amide bonds. The summed E-state index contributed by atoms with van der Waals surface area (Å²) in [5, 5.41) is 0. The lowest BCUT2D eigenvalue weighted by atomic mass is 9.54. The molecule has 1 heteroatoms. The minimum absolute atomic E-state index is 0.445. The SMILES string of the molecule is CCC1(CC)C=C[C@@H](Br)CC1(CC)CC. The highest BCUT2D eigenvalue weighted by molar-refractivity contribution is 9.09. The molecular weight excluding hydrogens is 248 g/mol. The van der Waals surface area contributed by atoms with E-state index < -0.39 is 0 Å². The molecule has 0 aromatic heterocycles. The quantitative estimate of drug-likeness (QED) is 0.480. The van der Waals surface area contributed by atoms with Crippen molar-refractivity contribution < 1.29 is 0 Å². The molecule has 0 saturated heterocycles. The summed E-state index contributed by atoms with van der Waals surface area (Å²) in [5.74, 6) is 0. The molecule has 0 nitrogen and oxygen atoms in total. The molecule has 0 fully saturated rings. The van der Waals surface area contributed by atoms with Gasteiger partial charge in [-0.05, 0) is 42.9 Å². The number of hydrogen-bond acceptors (Lipinski definition) is 0. The van der Waals surface area contributed by atoms with Crippen LogP contribution >= 0.6 is 15.9 Å². The first-order chi connectivity index (χ1) is 7.09. The Labute approximate surface area is 104 Å². The lowest BCUT2D eigenvalue weighted by Gasteiger charge is -2.52. The van der Waals surface area contributed by atoms with Gasteiger partial charge in [-0.3, -0.25) is 0 Å². The van der Waals surface area contributed by atoms with Crippen LogP contribution in [0.25, 0.3) is 0 Å². The molecule has 0 saturated carbocycles. The molecule has 0 aromatic rings. The highest BCUT2D eigenvalue weighted by Crippen LogP contribution is 2.56. The Morgan fingerprint density at radius 1 is 1.07 bits per heavy atom. The van der Waals surface area contributed by atoms with Gasteiger partial charge in [0.25, 0.3) is 0 Å². The van der Waals surface area contributed by atoms with Crippen molar-refractivity contribution in [1.29, 1.82) is 0 Å². The van der Waals surface area contributed by atoms with Crippen molar-refractivity contribution in [2.75, 3.05) is 0 Å². The molecule has 1 atom stereocenters. The first kappa shape index (κ1) is 13.3. The Morgan fingerprint density at radius 3 is 2.00 bits per heavy atom. The van der Waals surface area contributed by atoms with E-state index in [-0.39, 0.29) is 0 Å². The molecule has 0 radical (unpaired) electrons. The van der Waals surface area contributed by atoms with Crippen molar-refractivity contribution in [3.63, 3.8) is 0 Å². The number of halogens is 1. The van der Waals surface area contributed by atoms with Gasteiger partial charge in [0, 0.05) is 4.83 Å². The molecule has 1 aliphatic carbocycles. The van der Waals surface area contributed by atoms with E-state index in [4.69, 9.17) is 0 Å². The first-order valence-corrected chi connectivity index (χ1v) is 7.34. The molecule has 0 N–H and O–H groups in total. The summed E-state index contributed by atoms with van der Waals surface area (Å²) in [6.07, 6.45) is 11.3. The van der Waals surface area contributed by atoms with Gasteiger partial charge in [-0.15, -0.1) is 0 Å². The minimum Gasteiger partial charge on any atom is -0.0845 e. The third kappa shape index (κ3) is 2.05. The predicted molar refractivity (Wildman–Crippen MR) is 72.5 cm³/mol. The lowest BCUT2D eigenvalue weighted by Crippen LogP contribution is -2.43. The van der Waals surface area contributed by atoms with Crippen LogP contribution in [0.1, 0.15) is 59.8 Å². The van der Waals surface area contributed by atoms with Crippen LogP contribution in [0.5, 0.6) is 0 Å². The summed E-state index contributed by atoms with van der Waals surface area (Å²) in [6.45, 7) is 9.43. The van der Waals surface area contributed by atoms with E-state index in [1.165, 1.54) is 32.1 Å². The second kappa shape index (κ2) is 5.03. The lowest BCUT2D eigenvalue weighted by molar-refractivity contribution is 0.0441. The molecule has 0 aliphatic heterocycles. The molecule has 1 aliphatic rings. The molecule has 0 heterocycles. The smallest absolute Gasteiger partial charge is 0.0331 e. The maximum absolute atomic E-state index is 3.77. The number of hydrogen-bond donors (Lipinski definition) is 0. The van der Waals surface area contributed by atoms with E-state index in [0.717, 1.165) is 0 Å². The zero-order valence-electron chi connectivity index (χ0n) is 10.6. The normalized spacial score (nSPS) is 27.9. The van der Waals surface area contributed by atoms with E-state index in [1.54, 1.807) is 0 Å². The van der Waals surface area contributed by atoms with Gasteiger partial charge in [0.15, 0.2) is 0 Å². The van der Waals surface area contributed by atoms with Crippen LogP contribution in [0.3, 0.4) is 0 Å². The topological polar surface area (TPSA) is 0 Å². The fraction of sp³-hybridized carbons (Fsp3) is 0.857. The third-order valence-electron chi connectivity index (χ3n) is 4.88. The van der Waals surface area contributed by atoms with Crippen LogP contribution in [0.4, 0.5) is 0 Å². The van der Waals surface area contributed by atoms with E-state index in [1.807, 2.05) is 0 Å². The predicted octanol–water partition coefficient (Wildman–Crippen LogP) is 5.32. The van der Waals surface area contributed by atoms with Crippen molar-refractivity contribution in [3.8, 4) is 0 Å². The molecule has 0 spiro atoms. The fourth-order valence-electron chi connectivity index (χ4n) is 3.59. The summed E-state index contributed by atoms with van der Waals surface area (Å²) < 4.78 is 0. The Balaban J connectivity index is 3.13. The Hall–Kier alpha value is 0.220. The summed E-state index contributed by atoms with van der Waals surface area (Å²) in [6, 6.07) is 0. The third-order valence-corrected chi connectivity index (χ3v) is 5.51. The fourth-order valence-corrected chi connectivity index (χ4v) is 4.36. The minimum atomic E-state index is 0.445. The second-order valence-electron chi connectivity index (χ2n) is 4.93. The Bertz CT molecular complexity index is 221. The molecule has 0 aromatic carbocycles. The van der Waals surface area contributed by atoms with Crippen molar-refractivity contribution in [2.45, 2.75) is 64.6 Å². The van der Waals surface area contributed by atoms with E-state index in [2.05, 4.69) is 55.8 Å². The Morgan fingerprint density at radius 2 is 1.60 bits per heavy atom. The van der Waals surface area contributed by atoms with Crippen LogP contribution in [-0.2, 0) is 0 Å². The van der Waals surface area contributed by atoms with Gasteiger partial charge in [0.05, 0.1) is 0 Å². The van der Waals surface area contributed by atoms with Crippen LogP contribution in [0.15, 0.2) is 12.2 Å². The van der Waals surface area contributed by atoms with Gasteiger partial charge in [0.1, 0.15) is 0 Å². The van der Waals surface area contributed by atoms with Crippen molar-refractivity contribution in [2.24, 2.45) is 10.8 Å². The van der Waals surface area contributed by atoms with Gasteiger partial charge in [-0.25, -0.2) is 0 Å². The Kier molecular flexibility index (Phi) is 4.46. The number of rotatable bonds is 4. The zero-order valence-corrected chi connectivity index (χ0v) is 12.2. The zero-order chi connectivity index (χ0) is 11.5. The first-order valence-electron chi connectivity index (χ1n) is 6.43. The standard InChI is InChI=1S/C14H25Br/c1-5-13(6-2)10-9-12(15)11-14(13,7-3)8-4/h9-10,12H,5-8,11H2,1-4H3/t12-/m1/s1. The molecule has 0 unspecified atom stereocenters. The van der Waals surface area contributed by atoms with Gasteiger partial charge in [-0.1, -0.05) is 55.8 Å². The van der Waals surface area contributed by atoms with Gasteiger partial charge >= 0.3 is 0 Å².